The molecule has 0 saturated carbocycles. The van der Waals surface area contributed by atoms with Crippen molar-refractivity contribution in [1.29, 1.82) is 0 Å². The van der Waals surface area contributed by atoms with Gasteiger partial charge in [-0.3, -0.25) is 0 Å². The van der Waals surface area contributed by atoms with Crippen molar-refractivity contribution in [2.45, 2.75) is 20.0 Å². The lowest BCUT2D eigenvalue weighted by Gasteiger charge is -2.38. The van der Waals surface area contributed by atoms with Gasteiger partial charge in [-0.15, -0.1) is 0 Å². The Kier molecular flexibility index (Phi) is 8.32. The molecule has 0 aliphatic heterocycles. The van der Waals surface area contributed by atoms with Crippen LogP contribution in [0.25, 0.3) is 12.2 Å². The highest BCUT2D eigenvalue weighted by Crippen LogP contribution is 2.21. The minimum atomic E-state index is 0.687. The van der Waals surface area contributed by atoms with E-state index in [-0.39, 0.29) is 0 Å². The lowest BCUT2D eigenvalue weighted by molar-refractivity contribution is -0.952. The van der Waals surface area contributed by atoms with Gasteiger partial charge in [0.25, 0.3) is 0 Å². The summed E-state index contributed by atoms with van der Waals surface area (Å²) < 4.78 is 7.18. The maximum atomic E-state index is 6.22. The Morgan fingerprint density at radius 1 is 0.588 bits per heavy atom. The minimum absolute atomic E-state index is 0.687. The van der Waals surface area contributed by atoms with Gasteiger partial charge in [0.1, 0.15) is 32.0 Å². The summed E-state index contributed by atoms with van der Waals surface area (Å²) in [4.78, 5) is 0. The summed E-state index contributed by atoms with van der Waals surface area (Å²) in [5.74, 6) is 0.922. The molecule has 0 aliphatic carbocycles. The first kappa shape index (κ1) is 23.5. The summed E-state index contributed by atoms with van der Waals surface area (Å²) in [6.45, 7) is 6.98. The molecule has 2 nitrogen and oxygen atoms in total. The van der Waals surface area contributed by atoms with Crippen molar-refractivity contribution >= 4 is 12.2 Å². The van der Waals surface area contributed by atoms with E-state index in [0.29, 0.717) is 6.61 Å². The van der Waals surface area contributed by atoms with Gasteiger partial charge in [-0.1, -0.05) is 115 Å². The Morgan fingerprint density at radius 2 is 1.06 bits per heavy atom. The van der Waals surface area contributed by atoms with Crippen LogP contribution in [-0.2, 0) is 13.1 Å². The number of quaternary nitrogens is 1. The quantitative estimate of drug-likeness (QED) is 0.171. The second-order valence-corrected chi connectivity index (χ2v) is 8.83. The highest BCUT2D eigenvalue weighted by molar-refractivity contribution is 5.69. The normalized spacial score (nSPS) is 11.6. The van der Waals surface area contributed by atoms with Crippen molar-refractivity contribution in [2.24, 2.45) is 0 Å². The topological polar surface area (TPSA) is 9.23 Å². The van der Waals surface area contributed by atoms with Crippen LogP contribution in [0.2, 0.25) is 0 Å². The maximum absolute atomic E-state index is 6.22. The molecule has 0 N–H and O–H groups in total. The minimum Gasteiger partial charge on any atom is -0.488 e. The molecule has 0 bridgehead atoms. The molecular weight excluding hydrogens is 414 g/mol. The molecule has 0 unspecified atom stereocenters. The lowest BCUT2D eigenvalue weighted by atomic mass is 10.1. The average Bonchev–Trinajstić information content (AvgIpc) is 2.90. The fourth-order valence-corrected chi connectivity index (χ4v) is 4.33. The largest absolute Gasteiger partial charge is 0.488 e. The summed E-state index contributed by atoms with van der Waals surface area (Å²) in [6, 6.07) is 40.4. The predicted octanol–water partition coefficient (Wildman–Crippen LogP) is 7.47. The van der Waals surface area contributed by atoms with Crippen LogP contribution in [0.3, 0.4) is 0 Å². The molecular formula is C32H34NO+. The highest BCUT2D eigenvalue weighted by Gasteiger charge is 2.26. The molecule has 4 aromatic rings. The van der Waals surface area contributed by atoms with Gasteiger partial charge in [0.2, 0.25) is 0 Å². The zero-order valence-electron chi connectivity index (χ0n) is 20.0. The fourth-order valence-electron chi connectivity index (χ4n) is 4.33. The summed E-state index contributed by atoms with van der Waals surface area (Å²) in [5, 5.41) is 0. The van der Waals surface area contributed by atoms with E-state index in [0.717, 1.165) is 36.4 Å². The van der Waals surface area contributed by atoms with E-state index < -0.39 is 0 Å². The van der Waals surface area contributed by atoms with E-state index in [1.165, 1.54) is 22.3 Å². The van der Waals surface area contributed by atoms with Gasteiger partial charge in [0.15, 0.2) is 0 Å². The first-order chi connectivity index (χ1) is 16.7. The molecule has 4 aromatic carbocycles. The van der Waals surface area contributed by atoms with Gasteiger partial charge in [-0.2, -0.15) is 0 Å². The Bertz CT molecular complexity index is 1090. The number of nitrogens with zero attached hydrogens (tertiary/aromatic N) is 1. The standard InChI is InChI=1S/C32H34NO/c1-2-33(26-30-14-8-4-9-15-30,27-31-16-10-5-11-17-31)24-25-34-32-22-20-29(21-23-32)19-18-28-12-6-3-7-13-28/h3-23H,2,24-27H2,1H3/q+1. The number of hydrogen-bond acceptors (Lipinski definition) is 1. The Morgan fingerprint density at radius 3 is 1.56 bits per heavy atom. The summed E-state index contributed by atoms with van der Waals surface area (Å²) in [5.41, 5.74) is 5.11. The van der Waals surface area contributed by atoms with E-state index in [4.69, 9.17) is 4.74 Å². The molecule has 0 aliphatic rings. The number of likely N-dealkylation sites (N-methyl/N-ethyl adjacent to an activating group) is 1. The van der Waals surface area contributed by atoms with Crippen LogP contribution in [0, 0.1) is 0 Å². The zero-order chi connectivity index (χ0) is 23.5. The van der Waals surface area contributed by atoms with E-state index in [1.807, 2.05) is 6.07 Å². The first-order valence-electron chi connectivity index (χ1n) is 12.1. The first-order valence-corrected chi connectivity index (χ1v) is 12.1. The third-order valence-electron chi connectivity index (χ3n) is 6.37. The highest BCUT2D eigenvalue weighted by atomic mass is 16.5. The van der Waals surface area contributed by atoms with Crippen LogP contribution < -0.4 is 4.74 Å². The molecule has 4 rings (SSSR count). The van der Waals surface area contributed by atoms with E-state index in [2.05, 4.69) is 128 Å². The molecule has 0 saturated heterocycles. The molecule has 34 heavy (non-hydrogen) atoms. The SMILES string of the molecule is CC[N+](CCOc1ccc(C=Cc2ccccc2)cc1)(Cc1ccccc1)Cc1ccccc1. The van der Waals surface area contributed by atoms with Gasteiger partial charge in [0.05, 0.1) is 6.54 Å². The lowest BCUT2D eigenvalue weighted by Crippen LogP contribution is -2.48. The molecule has 0 fully saturated rings. The molecule has 0 aromatic heterocycles. The van der Waals surface area contributed by atoms with Crippen molar-refractivity contribution in [3.05, 3.63) is 138 Å². The Hall–Kier alpha value is -3.62. The Balaban J connectivity index is 1.40. The van der Waals surface area contributed by atoms with Crippen LogP contribution in [0.1, 0.15) is 29.2 Å². The Labute approximate surface area is 204 Å². The van der Waals surface area contributed by atoms with Gasteiger partial charge in [0, 0.05) is 11.1 Å². The van der Waals surface area contributed by atoms with Crippen molar-refractivity contribution in [3.63, 3.8) is 0 Å². The van der Waals surface area contributed by atoms with Crippen LogP contribution in [0.15, 0.2) is 115 Å². The van der Waals surface area contributed by atoms with Crippen molar-refractivity contribution in [1.82, 2.24) is 0 Å². The van der Waals surface area contributed by atoms with Crippen LogP contribution >= 0.6 is 0 Å². The second kappa shape index (κ2) is 12.0. The number of rotatable bonds is 11. The monoisotopic (exact) mass is 448 g/mol. The van der Waals surface area contributed by atoms with Crippen LogP contribution in [0.4, 0.5) is 0 Å². The summed E-state index contributed by atoms with van der Waals surface area (Å²) in [7, 11) is 0. The third kappa shape index (κ3) is 6.94. The van der Waals surface area contributed by atoms with Gasteiger partial charge in [-0.25, -0.2) is 0 Å². The fraction of sp³-hybridized carbons (Fsp3) is 0.188. The zero-order valence-corrected chi connectivity index (χ0v) is 20.0. The summed E-state index contributed by atoms with van der Waals surface area (Å²) in [6.07, 6.45) is 4.27. The van der Waals surface area contributed by atoms with Crippen molar-refractivity contribution in [3.8, 4) is 5.75 Å². The maximum Gasteiger partial charge on any atom is 0.137 e. The molecule has 0 radical (unpaired) electrons. The second-order valence-electron chi connectivity index (χ2n) is 8.83. The third-order valence-corrected chi connectivity index (χ3v) is 6.37. The van der Waals surface area contributed by atoms with E-state index in [1.54, 1.807) is 0 Å². The number of hydrogen-bond donors (Lipinski definition) is 0. The van der Waals surface area contributed by atoms with Gasteiger partial charge >= 0.3 is 0 Å². The van der Waals surface area contributed by atoms with Crippen molar-refractivity contribution in [2.75, 3.05) is 19.7 Å². The number of benzene rings is 4. The molecule has 0 heterocycles. The molecule has 0 atom stereocenters. The van der Waals surface area contributed by atoms with Crippen molar-refractivity contribution < 1.29 is 9.22 Å². The van der Waals surface area contributed by atoms with E-state index >= 15 is 0 Å². The molecule has 172 valence electrons. The van der Waals surface area contributed by atoms with E-state index in [9.17, 15) is 0 Å². The van der Waals surface area contributed by atoms with Gasteiger partial charge in [-0.05, 0) is 30.2 Å². The molecule has 2 heteroatoms. The predicted molar refractivity (Wildman–Crippen MR) is 143 cm³/mol. The van der Waals surface area contributed by atoms with Crippen LogP contribution in [0.5, 0.6) is 5.75 Å². The summed E-state index contributed by atoms with van der Waals surface area (Å²) >= 11 is 0. The molecule has 0 spiro atoms. The molecule has 0 amide bonds. The smallest absolute Gasteiger partial charge is 0.137 e. The average molecular weight is 449 g/mol. The van der Waals surface area contributed by atoms with Crippen LogP contribution in [-0.4, -0.2) is 24.2 Å². The number of ether oxygens (including phenoxy) is 1. The van der Waals surface area contributed by atoms with Gasteiger partial charge < -0.3 is 9.22 Å².